The van der Waals surface area contributed by atoms with Crippen LogP contribution < -0.4 is 21.3 Å². The average molecular weight is 556 g/mol. The van der Waals surface area contributed by atoms with E-state index in [0.29, 0.717) is 75.4 Å². The smallest absolute Gasteiger partial charge is 0.270 e. The highest BCUT2D eigenvalue weighted by molar-refractivity contribution is 7.09. The number of thiazole rings is 1. The topological polar surface area (TPSA) is 139 Å². The van der Waals surface area contributed by atoms with Gasteiger partial charge in [0.1, 0.15) is 22.8 Å². The van der Waals surface area contributed by atoms with Gasteiger partial charge in [-0.15, -0.1) is 11.3 Å². The molecule has 0 saturated carbocycles. The number of aromatic nitrogens is 1. The van der Waals surface area contributed by atoms with Crippen LogP contribution in [-0.4, -0.2) is 60.5 Å². The summed E-state index contributed by atoms with van der Waals surface area (Å²) >= 11 is 1.32. The van der Waals surface area contributed by atoms with Crippen molar-refractivity contribution < 1.29 is 23.9 Å². The fourth-order valence-electron chi connectivity index (χ4n) is 4.78. The van der Waals surface area contributed by atoms with Crippen LogP contribution in [0.25, 0.3) is 0 Å². The molecule has 0 unspecified atom stereocenters. The van der Waals surface area contributed by atoms with Gasteiger partial charge in [0.15, 0.2) is 0 Å². The minimum Gasteiger partial charge on any atom is -0.381 e. The van der Waals surface area contributed by atoms with Crippen LogP contribution >= 0.6 is 11.3 Å². The first-order valence-electron chi connectivity index (χ1n) is 13.7. The summed E-state index contributed by atoms with van der Waals surface area (Å²) in [6.45, 7) is 3.31. The lowest BCUT2D eigenvalue weighted by molar-refractivity contribution is -0.134. The molecule has 1 fully saturated rings. The Morgan fingerprint density at radius 3 is 2.51 bits per heavy atom. The maximum atomic E-state index is 13.4. The number of rotatable bonds is 5. The molecule has 2 aliphatic heterocycles. The summed E-state index contributed by atoms with van der Waals surface area (Å²) in [5, 5.41) is 14.0. The Morgan fingerprint density at radius 2 is 1.77 bits per heavy atom. The molecule has 2 aliphatic rings. The molecule has 4 rings (SSSR count). The average Bonchev–Trinajstić information content (AvgIpc) is 3.45. The maximum absolute atomic E-state index is 13.4. The summed E-state index contributed by atoms with van der Waals surface area (Å²) < 4.78 is 5.36. The zero-order chi connectivity index (χ0) is 27.6. The van der Waals surface area contributed by atoms with Gasteiger partial charge in [-0.1, -0.05) is 37.3 Å². The molecule has 0 aliphatic carbocycles. The minimum atomic E-state index is -0.783. The van der Waals surface area contributed by atoms with Crippen molar-refractivity contribution in [2.45, 2.75) is 70.0 Å². The molecule has 2 aromatic rings. The molecule has 10 nitrogen and oxygen atoms in total. The standard InChI is InChI=1S/C28H37N5O5S/c1-2-20-26(36)32-22(16-18-8-4-3-5-9-18)28-33-23(17-39-28)25(35)29-13-7-6-10-21(27(37)30-20)31-24(34)19-11-14-38-15-12-19/h3-5,8-9,17,19-22H,2,6-7,10-16H2,1H3,(H,29,35)(H,30,37)(H,31,34)(H,32,36)/t20-,21+,22+/m1/s1. The number of carbonyl (C=O) groups is 4. The second-order valence-electron chi connectivity index (χ2n) is 9.99. The molecular weight excluding hydrogens is 518 g/mol. The summed E-state index contributed by atoms with van der Waals surface area (Å²) in [5.74, 6) is -1.36. The van der Waals surface area contributed by atoms with Gasteiger partial charge in [-0.2, -0.15) is 0 Å². The fourth-order valence-corrected chi connectivity index (χ4v) is 5.63. The van der Waals surface area contributed by atoms with Crippen molar-refractivity contribution >= 4 is 35.0 Å². The number of fused-ring (bicyclic) bond motifs is 2. The number of amides is 4. The van der Waals surface area contributed by atoms with E-state index < -0.39 is 18.1 Å². The summed E-state index contributed by atoms with van der Waals surface area (Å²) in [6, 6.07) is 7.68. The van der Waals surface area contributed by atoms with Crippen LogP contribution in [0.2, 0.25) is 0 Å². The Balaban J connectivity index is 1.54. The number of nitrogens with one attached hydrogen (secondary N) is 4. The number of hydrogen-bond acceptors (Lipinski definition) is 7. The van der Waals surface area contributed by atoms with E-state index in [4.69, 9.17) is 4.74 Å². The number of carbonyl (C=O) groups excluding carboxylic acids is 4. The molecule has 1 aromatic heterocycles. The summed E-state index contributed by atoms with van der Waals surface area (Å²) in [6.07, 6.45) is 3.73. The van der Waals surface area contributed by atoms with Gasteiger partial charge in [-0.3, -0.25) is 19.2 Å². The zero-order valence-electron chi connectivity index (χ0n) is 22.2. The van der Waals surface area contributed by atoms with Crippen LogP contribution in [0, 0.1) is 5.92 Å². The molecule has 4 N–H and O–H groups in total. The quantitative estimate of drug-likeness (QED) is 0.447. The van der Waals surface area contributed by atoms with Crippen molar-refractivity contribution in [2.75, 3.05) is 19.8 Å². The largest absolute Gasteiger partial charge is 0.381 e. The van der Waals surface area contributed by atoms with Crippen LogP contribution in [0.1, 0.15) is 72.6 Å². The van der Waals surface area contributed by atoms with E-state index in [2.05, 4.69) is 26.3 Å². The second kappa shape index (κ2) is 14.2. The third kappa shape index (κ3) is 8.09. The van der Waals surface area contributed by atoms with Gasteiger partial charge in [0, 0.05) is 31.1 Å². The normalized spacial score (nSPS) is 23.8. The highest BCUT2D eigenvalue weighted by atomic mass is 32.1. The van der Waals surface area contributed by atoms with Crippen molar-refractivity contribution in [3.63, 3.8) is 0 Å². The highest BCUT2D eigenvalue weighted by Crippen LogP contribution is 2.23. The Bertz CT molecular complexity index is 1130. The molecule has 3 heterocycles. The van der Waals surface area contributed by atoms with Crippen molar-refractivity contribution in [3.05, 3.63) is 52.0 Å². The third-order valence-corrected chi connectivity index (χ3v) is 8.08. The van der Waals surface area contributed by atoms with Gasteiger partial charge in [-0.05, 0) is 50.5 Å². The monoisotopic (exact) mass is 555 g/mol. The molecular formula is C28H37N5O5S. The molecule has 2 bridgehead atoms. The first kappa shape index (κ1) is 28.7. The van der Waals surface area contributed by atoms with Gasteiger partial charge in [0.05, 0.1) is 6.04 Å². The molecule has 1 saturated heterocycles. The number of nitrogens with zero attached hydrogens (tertiary/aromatic N) is 1. The Morgan fingerprint density at radius 1 is 1.03 bits per heavy atom. The lowest BCUT2D eigenvalue weighted by Gasteiger charge is -2.27. The number of ether oxygens (including phenoxy) is 1. The van der Waals surface area contributed by atoms with Crippen LogP contribution in [0.3, 0.4) is 0 Å². The lowest BCUT2D eigenvalue weighted by Crippen LogP contribution is -2.54. The molecule has 11 heteroatoms. The van der Waals surface area contributed by atoms with Gasteiger partial charge >= 0.3 is 0 Å². The van der Waals surface area contributed by atoms with Crippen LogP contribution in [0.4, 0.5) is 0 Å². The molecule has 0 radical (unpaired) electrons. The van der Waals surface area contributed by atoms with Crippen LogP contribution in [-0.2, 0) is 25.5 Å². The lowest BCUT2D eigenvalue weighted by atomic mass is 9.98. The highest BCUT2D eigenvalue weighted by Gasteiger charge is 2.30. The van der Waals surface area contributed by atoms with E-state index in [-0.39, 0.29) is 29.5 Å². The van der Waals surface area contributed by atoms with Gasteiger partial charge < -0.3 is 26.0 Å². The predicted octanol–water partition coefficient (Wildman–Crippen LogP) is 2.26. The van der Waals surface area contributed by atoms with Crippen LogP contribution in [0.5, 0.6) is 0 Å². The van der Waals surface area contributed by atoms with Gasteiger partial charge in [0.2, 0.25) is 17.7 Å². The number of benzene rings is 1. The summed E-state index contributed by atoms with van der Waals surface area (Å²) in [7, 11) is 0. The van der Waals surface area contributed by atoms with Crippen LogP contribution in [0.15, 0.2) is 35.7 Å². The summed E-state index contributed by atoms with van der Waals surface area (Å²) in [4.78, 5) is 56.9. The summed E-state index contributed by atoms with van der Waals surface area (Å²) in [5.41, 5.74) is 1.32. The van der Waals surface area contributed by atoms with E-state index in [1.165, 1.54) is 11.3 Å². The van der Waals surface area contributed by atoms with Crippen molar-refractivity contribution in [3.8, 4) is 0 Å². The molecule has 0 spiro atoms. The molecule has 210 valence electrons. The second-order valence-corrected chi connectivity index (χ2v) is 10.9. The van der Waals surface area contributed by atoms with Gasteiger partial charge in [0.25, 0.3) is 5.91 Å². The van der Waals surface area contributed by atoms with Crippen molar-refractivity contribution in [2.24, 2.45) is 5.92 Å². The molecule has 1 aromatic carbocycles. The van der Waals surface area contributed by atoms with E-state index in [1.807, 2.05) is 37.3 Å². The molecule has 4 amide bonds. The Hall–Kier alpha value is -3.31. The van der Waals surface area contributed by atoms with Crippen molar-refractivity contribution in [1.29, 1.82) is 0 Å². The first-order chi connectivity index (χ1) is 18.9. The first-order valence-corrected chi connectivity index (χ1v) is 14.6. The predicted molar refractivity (Wildman–Crippen MR) is 147 cm³/mol. The zero-order valence-corrected chi connectivity index (χ0v) is 23.1. The maximum Gasteiger partial charge on any atom is 0.270 e. The van der Waals surface area contributed by atoms with E-state index in [1.54, 1.807) is 5.38 Å². The van der Waals surface area contributed by atoms with E-state index >= 15 is 0 Å². The van der Waals surface area contributed by atoms with E-state index in [0.717, 1.165) is 5.56 Å². The number of hydrogen-bond donors (Lipinski definition) is 4. The fraction of sp³-hybridized carbons (Fsp3) is 0.536. The Labute approximate surface area is 232 Å². The molecule has 39 heavy (non-hydrogen) atoms. The minimum absolute atomic E-state index is 0.167. The van der Waals surface area contributed by atoms with E-state index in [9.17, 15) is 19.2 Å². The molecule has 3 atom stereocenters. The third-order valence-electron chi connectivity index (χ3n) is 7.12. The Kier molecular flexibility index (Phi) is 10.4. The van der Waals surface area contributed by atoms with Crippen molar-refractivity contribution in [1.82, 2.24) is 26.3 Å². The van der Waals surface area contributed by atoms with Gasteiger partial charge in [-0.25, -0.2) is 4.98 Å². The SMILES string of the molecule is CC[C@H]1NC(=O)[C@@H](NC(=O)C2CCOCC2)CCCCNC(=O)c2csc(n2)[C@H](Cc2ccccc2)NC1=O.